The molecular formula is C14H18Cl2N2O2. The van der Waals surface area contributed by atoms with Gasteiger partial charge in [0.1, 0.15) is 0 Å². The van der Waals surface area contributed by atoms with Crippen LogP contribution < -0.4 is 5.32 Å². The highest BCUT2D eigenvalue weighted by Crippen LogP contribution is 2.29. The predicted molar refractivity (Wildman–Crippen MR) is 81.4 cm³/mol. The van der Waals surface area contributed by atoms with Crippen LogP contribution in [0.25, 0.3) is 0 Å². The Bertz CT molecular complexity index is 476. The lowest BCUT2D eigenvalue weighted by molar-refractivity contribution is -0.118. The van der Waals surface area contributed by atoms with Gasteiger partial charge in [0, 0.05) is 13.1 Å². The number of rotatable bonds is 3. The number of para-hydroxylation sites is 1. The number of hydrogen-bond acceptors (Lipinski definition) is 3. The molecule has 0 aliphatic carbocycles. The van der Waals surface area contributed by atoms with Crippen molar-refractivity contribution in [3.05, 3.63) is 28.2 Å². The van der Waals surface area contributed by atoms with Crippen LogP contribution in [0.2, 0.25) is 10.0 Å². The average Bonchev–Trinajstić information content (AvgIpc) is 2.37. The summed E-state index contributed by atoms with van der Waals surface area (Å²) in [6.07, 6.45) is 1.35. The van der Waals surface area contributed by atoms with Crippen molar-refractivity contribution in [3.8, 4) is 0 Å². The SMILES string of the molecule is CC1(O)CCN(CC(=O)Nc2c(Cl)cccc2Cl)CC1. The molecule has 2 rings (SSSR count). The normalized spacial score (nSPS) is 18.8. The standard InChI is InChI=1S/C14H18Cl2N2O2/c1-14(20)5-7-18(8-6-14)9-12(19)17-13-10(15)3-2-4-11(13)16/h2-4,20H,5-9H2,1H3,(H,17,19). The van der Waals surface area contributed by atoms with Crippen LogP contribution in [0.5, 0.6) is 0 Å². The molecule has 2 N–H and O–H groups in total. The van der Waals surface area contributed by atoms with Gasteiger partial charge in [0.05, 0.1) is 27.9 Å². The molecule has 1 aromatic carbocycles. The van der Waals surface area contributed by atoms with Crippen LogP contribution >= 0.6 is 23.2 Å². The van der Waals surface area contributed by atoms with Crippen LogP contribution in [0.4, 0.5) is 5.69 Å². The highest BCUT2D eigenvalue weighted by molar-refractivity contribution is 6.39. The predicted octanol–water partition coefficient (Wildman–Crippen LogP) is 2.78. The van der Waals surface area contributed by atoms with Crippen molar-refractivity contribution < 1.29 is 9.90 Å². The van der Waals surface area contributed by atoms with Gasteiger partial charge in [-0.2, -0.15) is 0 Å². The molecule has 0 spiro atoms. The van der Waals surface area contributed by atoms with E-state index in [1.807, 2.05) is 11.8 Å². The summed E-state index contributed by atoms with van der Waals surface area (Å²) in [7, 11) is 0. The van der Waals surface area contributed by atoms with Crippen molar-refractivity contribution in [2.45, 2.75) is 25.4 Å². The fraction of sp³-hybridized carbons (Fsp3) is 0.500. The molecule has 0 radical (unpaired) electrons. The Morgan fingerprint density at radius 3 is 2.45 bits per heavy atom. The molecular weight excluding hydrogens is 299 g/mol. The minimum Gasteiger partial charge on any atom is -0.390 e. The minimum atomic E-state index is -0.612. The zero-order chi connectivity index (χ0) is 14.8. The molecule has 1 heterocycles. The zero-order valence-electron chi connectivity index (χ0n) is 11.3. The molecule has 0 atom stereocenters. The number of benzene rings is 1. The molecule has 1 amide bonds. The zero-order valence-corrected chi connectivity index (χ0v) is 12.8. The fourth-order valence-electron chi connectivity index (χ4n) is 2.19. The molecule has 0 aromatic heterocycles. The van der Waals surface area contributed by atoms with E-state index >= 15 is 0 Å². The smallest absolute Gasteiger partial charge is 0.238 e. The summed E-state index contributed by atoms with van der Waals surface area (Å²) in [5, 5.41) is 13.5. The number of nitrogens with zero attached hydrogens (tertiary/aromatic N) is 1. The van der Waals surface area contributed by atoms with E-state index in [9.17, 15) is 9.90 Å². The molecule has 4 nitrogen and oxygen atoms in total. The van der Waals surface area contributed by atoms with Gasteiger partial charge >= 0.3 is 0 Å². The van der Waals surface area contributed by atoms with Gasteiger partial charge in [0.15, 0.2) is 0 Å². The summed E-state index contributed by atoms with van der Waals surface area (Å²) in [5.41, 5.74) is -0.163. The lowest BCUT2D eigenvalue weighted by Crippen LogP contribution is -2.45. The number of likely N-dealkylation sites (tertiary alicyclic amines) is 1. The van der Waals surface area contributed by atoms with Crippen molar-refractivity contribution in [1.82, 2.24) is 4.90 Å². The largest absolute Gasteiger partial charge is 0.390 e. The highest BCUT2D eigenvalue weighted by atomic mass is 35.5. The highest BCUT2D eigenvalue weighted by Gasteiger charge is 2.28. The Balaban J connectivity index is 1.90. The minimum absolute atomic E-state index is 0.151. The first-order valence-corrected chi connectivity index (χ1v) is 7.31. The first kappa shape index (κ1) is 15.6. The molecule has 0 bridgehead atoms. The van der Waals surface area contributed by atoms with Crippen LogP contribution in [-0.4, -0.2) is 41.1 Å². The maximum absolute atomic E-state index is 12.0. The van der Waals surface area contributed by atoms with Gasteiger partial charge in [0.2, 0.25) is 5.91 Å². The first-order valence-electron chi connectivity index (χ1n) is 6.56. The van der Waals surface area contributed by atoms with E-state index in [-0.39, 0.29) is 12.5 Å². The van der Waals surface area contributed by atoms with Crippen molar-refractivity contribution in [2.75, 3.05) is 25.0 Å². The Hall–Kier alpha value is -0.810. The molecule has 1 fully saturated rings. The molecule has 0 unspecified atom stereocenters. The van der Waals surface area contributed by atoms with Crippen molar-refractivity contribution >= 4 is 34.8 Å². The van der Waals surface area contributed by atoms with E-state index in [0.29, 0.717) is 41.7 Å². The third-order valence-corrected chi connectivity index (χ3v) is 4.16. The van der Waals surface area contributed by atoms with Crippen LogP contribution in [-0.2, 0) is 4.79 Å². The second-order valence-corrected chi connectivity index (χ2v) is 6.23. The van der Waals surface area contributed by atoms with Gasteiger partial charge in [-0.25, -0.2) is 0 Å². The van der Waals surface area contributed by atoms with E-state index in [4.69, 9.17) is 23.2 Å². The van der Waals surface area contributed by atoms with E-state index in [2.05, 4.69) is 5.32 Å². The summed E-state index contributed by atoms with van der Waals surface area (Å²) in [5.74, 6) is -0.151. The Morgan fingerprint density at radius 2 is 1.90 bits per heavy atom. The quantitative estimate of drug-likeness (QED) is 0.901. The van der Waals surface area contributed by atoms with Crippen LogP contribution in [0.3, 0.4) is 0 Å². The van der Waals surface area contributed by atoms with Gasteiger partial charge in [0.25, 0.3) is 0 Å². The number of amides is 1. The van der Waals surface area contributed by atoms with E-state index in [0.717, 1.165) is 0 Å². The summed E-state index contributed by atoms with van der Waals surface area (Å²) < 4.78 is 0. The maximum Gasteiger partial charge on any atom is 0.238 e. The van der Waals surface area contributed by atoms with E-state index < -0.39 is 5.60 Å². The third-order valence-electron chi connectivity index (χ3n) is 3.53. The first-order chi connectivity index (χ1) is 9.37. The number of aliphatic hydroxyl groups is 1. The fourth-order valence-corrected chi connectivity index (χ4v) is 2.68. The Labute approximate surface area is 128 Å². The van der Waals surface area contributed by atoms with Gasteiger partial charge in [-0.15, -0.1) is 0 Å². The van der Waals surface area contributed by atoms with Crippen LogP contribution in [0.15, 0.2) is 18.2 Å². The molecule has 1 aromatic rings. The number of anilines is 1. The number of carbonyl (C=O) groups excluding carboxylic acids is 1. The number of halogens is 2. The number of piperidine rings is 1. The third kappa shape index (κ3) is 4.09. The van der Waals surface area contributed by atoms with Gasteiger partial charge in [-0.05, 0) is 31.9 Å². The molecule has 1 aliphatic heterocycles. The van der Waals surface area contributed by atoms with Gasteiger partial charge in [-0.1, -0.05) is 29.3 Å². The number of carbonyl (C=O) groups is 1. The summed E-state index contributed by atoms with van der Waals surface area (Å²) in [6.45, 7) is 3.51. The monoisotopic (exact) mass is 316 g/mol. The second kappa shape index (κ2) is 6.31. The Morgan fingerprint density at radius 1 is 1.35 bits per heavy atom. The van der Waals surface area contributed by atoms with Crippen molar-refractivity contribution in [3.63, 3.8) is 0 Å². The summed E-state index contributed by atoms with van der Waals surface area (Å²) in [6, 6.07) is 5.09. The van der Waals surface area contributed by atoms with Crippen LogP contribution in [0, 0.1) is 0 Å². The topological polar surface area (TPSA) is 52.6 Å². The van der Waals surface area contributed by atoms with Gasteiger partial charge < -0.3 is 10.4 Å². The molecule has 110 valence electrons. The lowest BCUT2D eigenvalue weighted by atomic mass is 9.94. The van der Waals surface area contributed by atoms with Crippen LogP contribution in [0.1, 0.15) is 19.8 Å². The molecule has 20 heavy (non-hydrogen) atoms. The molecule has 6 heteroatoms. The maximum atomic E-state index is 12.0. The summed E-state index contributed by atoms with van der Waals surface area (Å²) >= 11 is 12.0. The molecule has 1 saturated heterocycles. The molecule has 1 aliphatic rings. The van der Waals surface area contributed by atoms with Crippen molar-refractivity contribution in [1.29, 1.82) is 0 Å². The van der Waals surface area contributed by atoms with E-state index in [1.54, 1.807) is 18.2 Å². The number of hydrogen-bond donors (Lipinski definition) is 2. The molecule has 0 saturated carbocycles. The van der Waals surface area contributed by atoms with E-state index in [1.165, 1.54) is 0 Å². The van der Waals surface area contributed by atoms with Crippen molar-refractivity contribution in [2.24, 2.45) is 0 Å². The second-order valence-electron chi connectivity index (χ2n) is 5.42. The average molecular weight is 317 g/mol. The number of nitrogens with one attached hydrogen (secondary N) is 1. The lowest BCUT2D eigenvalue weighted by Gasteiger charge is -2.35. The Kier molecular flexibility index (Phi) is 4.91. The van der Waals surface area contributed by atoms with Gasteiger partial charge in [-0.3, -0.25) is 9.69 Å². The summed E-state index contributed by atoms with van der Waals surface area (Å²) in [4.78, 5) is 14.0.